The first-order valence-electron chi connectivity index (χ1n) is 2.23. The summed E-state index contributed by atoms with van der Waals surface area (Å²) in [7, 11) is 0. The Hall–Kier alpha value is -0.340. The minimum atomic E-state index is 0.0418. The number of allylic oxidation sites excluding steroid dienone is 3. The van der Waals surface area contributed by atoms with Crippen LogP contribution in [0.15, 0.2) is 28.0 Å². The molecule has 0 aromatic carbocycles. The van der Waals surface area contributed by atoms with Gasteiger partial charge in [0.15, 0.2) is 0 Å². The van der Waals surface area contributed by atoms with Crippen molar-refractivity contribution in [3.05, 3.63) is 28.0 Å². The summed E-state index contributed by atoms with van der Waals surface area (Å²) in [5.41, 5.74) is 6.28. The van der Waals surface area contributed by atoms with Gasteiger partial charge in [-0.1, -0.05) is 3.67 Å². The van der Waals surface area contributed by atoms with Gasteiger partial charge in [-0.15, -0.1) is 0 Å². The lowest BCUT2D eigenvalue weighted by molar-refractivity contribution is 1.44. The Morgan fingerprint density at radius 3 is 3.38 bits per heavy atom. The van der Waals surface area contributed by atoms with Crippen molar-refractivity contribution < 1.29 is 0 Å². The second-order valence-corrected chi connectivity index (χ2v) is 3.31. The highest BCUT2D eigenvalue weighted by Gasteiger charge is 1.77. The Bertz CT molecular complexity index is 195. The van der Waals surface area contributed by atoms with E-state index in [1.165, 1.54) is 0 Å². The molecule has 0 aromatic rings. The lowest BCUT2D eigenvalue weighted by atomic mass is 10.4. The summed E-state index contributed by atoms with van der Waals surface area (Å²) >= 11 is 0.0418. The molecule has 0 bridgehead atoms. The maximum Gasteiger partial charge on any atom is 0.0324 e. The molecule has 0 aliphatic carbocycles. The standard InChI is InChI=1S/C6H6IN/c8-6-2-1-4-7-5-3-6/h1-3,5H,8H2. The van der Waals surface area contributed by atoms with Crippen LogP contribution in [0, 0.1) is 0 Å². The van der Waals surface area contributed by atoms with E-state index in [0.29, 0.717) is 0 Å². The van der Waals surface area contributed by atoms with Gasteiger partial charge in [0.2, 0.25) is 0 Å². The average molecular weight is 219 g/mol. The molecule has 42 valence electrons. The van der Waals surface area contributed by atoms with Gasteiger partial charge >= 0.3 is 0 Å². The molecule has 0 saturated carbocycles. The molecular formula is C6H6IN. The molecule has 0 aromatic heterocycles. The topological polar surface area (TPSA) is 26.0 Å². The van der Waals surface area contributed by atoms with Crippen molar-refractivity contribution in [1.29, 1.82) is 0 Å². The molecule has 0 atom stereocenters. The van der Waals surface area contributed by atoms with E-state index in [9.17, 15) is 0 Å². The summed E-state index contributed by atoms with van der Waals surface area (Å²) in [6.07, 6.45) is 5.69. The Morgan fingerprint density at radius 1 is 1.62 bits per heavy atom. The van der Waals surface area contributed by atoms with Crippen molar-refractivity contribution >= 4 is 24.4 Å². The zero-order valence-electron chi connectivity index (χ0n) is 4.26. The van der Waals surface area contributed by atoms with E-state index in [0.717, 1.165) is 5.70 Å². The fraction of sp³-hybridized carbons (Fsp3) is 0. The SMILES string of the molecule is NC1=CC=C=IC=C1. The molecule has 1 nitrogen and oxygen atoms in total. The van der Waals surface area contributed by atoms with E-state index in [1.807, 2.05) is 18.2 Å². The smallest absolute Gasteiger partial charge is 0.0324 e. The van der Waals surface area contributed by atoms with Gasteiger partial charge in [0.05, 0.1) is 0 Å². The van der Waals surface area contributed by atoms with Crippen molar-refractivity contribution in [3.63, 3.8) is 0 Å². The van der Waals surface area contributed by atoms with Gasteiger partial charge in [-0.3, -0.25) is 0 Å². The molecule has 0 fully saturated rings. The van der Waals surface area contributed by atoms with Gasteiger partial charge in [0.25, 0.3) is 0 Å². The van der Waals surface area contributed by atoms with E-state index in [1.54, 1.807) is 0 Å². The Balaban J connectivity index is 2.90. The second kappa shape index (κ2) is 2.84. The molecule has 0 unspecified atom stereocenters. The molecular weight excluding hydrogens is 213 g/mol. The van der Waals surface area contributed by atoms with E-state index in [4.69, 9.17) is 5.73 Å². The van der Waals surface area contributed by atoms with Crippen LogP contribution in [0.2, 0.25) is 0 Å². The third-order valence-corrected chi connectivity index (χ3v) is 2.16. The van der Waals surface area contributed by atoms with Crippen LogP contribution < -0.4 is 5.73 Å². The van der Waals surface area contributed by atoms with Gasteiger partial charge in [0, 0.05) is 5.70 Å². The minimum Gasteiger partial charge on any atom is -0.399 e. The molecule has 2 heteroatoms. The zero-order valence-corrected chi connectivity index (χ0v) is 6.42. The van der Waals surface area contributed by atoms with Crippen molar-refractivity contribution in [3.8, 4) is 0 Å². The van der Waals surface area contributed by atoms with Gasteiger partial charge in [-0.25, -0.2) is 0 Å². The van der Waals surface area contributed by atoms with Gasteiger partial charge in [-0.05, 0) is 43.0 Å². The van der Waals surface area contributed by atoms with Crippen LogP contribution in [0.3, 0.4) is 0 Å². The van der Waals surface area contributed by atoms with Gasteiger partial charge in [-0.2, -0.15) is 0 Å². The fourth-order valence-corrected chi connectivity index (χ4v) is 1.55. The molecule has 0 saturated heterocycles. The van der Waals surface area contributed by atoms with Gasteiger partial charge < -0.3 is 5.73 Å². The molecule has 0 amide bonds. The summed E-state index contributed by atoms with van der Waals surface area (Å²) in [6.45, 7) is 0. The highest BCUT2D eigenvalue weighted by atomic mass is 127. The average Bonchev–Trinajstić information content (AvgIpc) is 1.94. The fourth-order valence-electron chi connectivity index (χ4n) is 0.360. The third kappa shape index (κ3) is 1.64. The Labute approximate surface area is 58.3 Å². The molecule has 2 N–H and O–H groups in total. The van der Waals surface area contributed by atoms with E-state index >= 15 is 0 Å². The molecule has 0 radical (unpaired) electrons. The zero-order chi connectivity index (χ0) is 5.82. The first-order valence-corrected chi connectivity index (χ1v) is 4.55. The maximum absolute atomic E-state index is 5.46. The van der Waals surface area contributed by atoms with E-state index in [-0.39, 0.29) is 20.7 Å². The van der Waals surface area contributed by atoms with Crippen molar-refractivity contribution in [2.24, 2.45) is 5.73 Å². The normalized spacial score (nSPS) is 16.8. The van der Waals surface area contributed by atoms with Crippen molar-refractivity contribution in [2.45, 2.75) is 0 Å². The molecule has 1 heterocycles. The number of hydrogen-bond acceptors (Lipinski definition) is 1. The highest BCUT2D eigenvalue weighted by Crippen LogP contribution is 2.01. The van der Waals surface area contributed by atoms with Crippen LogP contribution in [0.5, 0.6) is 0 Å². The Kier molecular flexibility index (Phi) is 2.06. The lowest BCUT2D eigenvalue weighted by Crippen LogP contribution is -1.89. The summed E-state index contributed by atoms with van der Waals surface area (Å²) < 4.78 is 5.21. The van der Waals surface area contributed by atoms with Crippen LogP contribution in [0.1, 0.15) is 0 Å². The van der Waals surface area contributed by atoms with Crippen molar-refractivity contribution in [2.75, 3.05) is 0 Å². The molecule has 0 spiro atoms. The van der Waals surface area contributed by atoms with Crippen LogP contribution in [-0.4, -0.2) is 3.67 Å². The Morgan fingerprint density at radius 2 is 2.50 bits per heavy atom. The second-order valence-electron chi connectivity index (χ2n) is 1.34. The summed E-state index contributed by atoms with van der Waals surface area (Å²) in [5.74, 6) is 0. The van der Waals surface area contributed by atoms with E-state index < -0.39 is 0 Å². The highest BCUT2D eigenvalue weighted by molar-refractivity contribution is 14.2. The lowest BCUT2D eigenvalue weighted by Gasteiger charge is -1.81. The first kappa shape index (κ1) is 5.79. The summed E-state index contributed by atoms with van der Waals surface area (Å²) in [4.78, 5) is 0. The van der Waals surface area contributed by atoms with Crippen molar-refractivity contribution in [1.82, 2.24) is 0 Å². The maximum atomic E-state index is 5.46. The predicted molar refractivity (Wildman–Crippen MR) is 45.0 cm³/mol. The largest absolute Gasteiger partial charge is 0.399 e. The molecule has 1 rings (SSSR count). The van der Waals surface area contributed by atoms with Crippen LogP contribution >= 0.6 is 20.7 Å². The number of halogens is 1. The van der Waals surface area contributed by atoms with E-state index in [2.05, 4.69) is 7.75 Å². The van der Waals surface area contributed by atoms with Gasteiger partial charge in [0.1, 0.15) is 0 Å². The molecule has 8 heavy (non-hydrogen) atoms. The first-order chi connectivity index (χ1) is 3.89. The third-order valence-electron chi connectivity index (χ3n) is 0.720. The number of nitrogens with two attached hydrogens (primary N) is 1. The predicted octanol–water partition coefficient (Wildman–Crippen LogP) is 1.28. The number of hydrogen-bond donors (Lipinski definition) is 1. The molecule has 1 aliphatic rings. The van der Waals surface area contributed by atoms with Crippen LogP contribution in [0.4, 0.5) is 0 Å². The summed E-state index contributed by atoms with van der Waals surface area (Å²) in [5, 5.41) is 0. The minimum absolute atomic E-state index is 0.0418. The molecule has 1 aliphatic heterocycles. The number of rotatable bonds is 0. The van der Waals surface area contributed by atoms with Crippen LogP contribution in [0.25, 0.3) is 0 Å². The quantitative estimate of drug-likeness (QED) is 0.610. The van der Waals surface area contributed by atoms with Crippen LogP contribution in [-0.2, 0) is 0 Å². The summed E-state index contributed by atoms with van der Waals surface area (Å²) in [6, 6.07) is 0. The monoisotopic (exact) mass is 219 g/mol.